The quantitative estimate of drug-likeness (QED) is 0.878. The van der Waals surface area contributed by atoms with E-state index in [9.17, 15) is 4.79 Å². The average molecular weight is 276 g/mol. The molecule has 4 nitrogen and oxygen atoms in total. The molecule has 19 heavy (non-hydrogen) atoms. The Bertz CT molecular complexity index is 572. The largest absolute Gasteiger partial charge is 0.366 e. The highest BCUT2D eigenvalue weighted by molar-refractivity contribution is 6.31. The van der Waals surface area contributed by atoms with Crippen LogP contribution in [0.1, 0.15) is 21.6 Å². The highest BCUT2D eigenvalue weighted by Gasteiger charge is 2.05. The zero-order valence-corrected chi connectivity index (χ0v) is 11.0. The number of nitrogens with zero attached hydrogens (tertiary/aromatic N) is 1. The molecule has 0 fully saturated rings. The van der Waals surface area contributed by atoms with Gasteiger partial charge < -0.3 is 11.1 Å². The summed E-state index contributed by atoms with van der Waals surface area (Å²) in [5.41, 5.74) is 7.49. The van der Waals surface area contributed by atoms with Gasteiger partial charge in [0.15, 0.2) is 0 Å². The highest BCUT2D eigenvalue weighted by atomic mass is 35.5. The number of nitrogens with two attached hydrogens (primary N) is 1. The number of halogens is 1. The Morgan fingerprint density at radius 3 is 2.74 bits per heavy atom. The van der Waals surface area contributed by atoms with Crippen LogP contribution in [0.4, 0.5) is 0 Å². The molecular formula is C14H14ClN3O. The van der Waals surface area contributed by atoms with Crippen LogP contribution >= 0.6 is 11.6 Å². The van der Waals surface area contributed by atoms with Crippen molar-refractivity contribution in [2.75, 3.05) is 0 Å². The van der Waals surface area contributed by atoms with Crippen LogP contribution in [0, 0.1) is 0 Å². The Morgan fingerprint density at radius 1 is 1.26 bits per heavy atom. The topological polar surface area (TPSA) is 68.0 Å². The molecule has 0 unspecified atom stereocenters. The van der Waals surface area contributed by atoms with Crippen molar-refractivity contribution in [3.63, 3.8) is 0 Å². The minimum absolute atomic E-state index is 0.415. The van der Waals surface area contributed by atoms with Gasteiger partial charge in [-0.15, -0.1) is 0 Å². The predicted octanol–water partition coefficient (Wildman–Crippen LogP) is 2.12. The number of primary amides is 1. The fourth-order valence-electron chi connectivity index (χ4n) is 1.67. The van der Waals surface area contributed by atoms with Crippen molar-refractivity contribution in [1.82, 2.24) is 10.3 Å². The first kappa shape index (κ1) is 13.5. The molecule has 0 atom stereocenters. The van der Waals surface area contributed by atoms with Crippen molar-refractivity contribution in [2.24, 2.45) is 5.73 Å². The van der Waals surface area contributed by atoms with Crippen LogP contribution in [0.5, 0.6) is 0 Å². The summed E-state index contributed by atoms with van der Waals surface area (Å²) in [5, 5.41) is 3.78. The molecule has 0 aliphatic carbocycles. The van der Waals surface area contributed by atoms with Gasteiger partial charge in [-0.25, -0.2) is 0 Å². The molecule has 0 radical (unpaired) electrons. The van der Waals surface area contributed by atoms with E-state index in [4.69, 9.17) is 17.3 Å². The maximum absolute atomic E-state index is 11.0. The van der Waals surface area contributed by atoms with Gasteiger partial charge in [-0.1, -0.05) is 23.7 Å². The molecule has 1 amide bonds. The van der Waals surface area contributed by atoms with Crippen molar-refractivity contribution < 1.29 is 4.79 Å². The molecule has 0 aliphatic rings. The second kappa shape index (κ2) is 6.31. The molecule has 2 aromatic rings. The molecular weight excluding hydrogens is 262 g/mol. The Kier molecular flexibility index (Phi) is 4.49. The number of hydrogen-bond acceptors (Lipinski definition) is 3. The molecule has 98 valence electrons. The van der Waals surface area contributed by atoms with E-state index >= 15 is 0 Å². The molecule has 1 heterocycles. The summed E-state index contributed by atoms with van der Waals surface area (Å²) >= 11 is 6.09. The van der Waals surface area contributed by atoms with Gasteiger partial charge in [0.1, 0.15) is 0 Å². The molecule has 0 saturated heterocycles. The standard InChI is InChI=1S/C14H14ClN3O/c15-13-7-10(14(16)19)4-5-11(13)8-17-9-12-3-1-2-6-18-12/h1-7,17H,8-9H2,(H2,16,19). The summed E-state index contributed by atoms with van der Waals surface area (Å²) in [6, 6.07) is 10.8. The van der Waals surface area contributed by atoms with E-state index in [1.54, 1.807) is 24.4 Å². The molecule has 0 bridgehead atoms. The second-order valence-corrected chi connectivity index (χ2v) is 4.50. The van der Waals surface area contributed by atoms with E-state index in [-0.39, 0.29) is 0 Å². The number of pyridine rings is 1. The second-order valence-electron chi connectivity index (χ2n) is 4.10. The first-order valence-electron chi connectivity index (χ1n) is 5.85. The first-order valence-corrected chi connectivity index (χ1v) is 6.23. The van der Waals surface area contributed by atoms with Crippen molar-refractivity contribution in [1.29, 1.82) is 0 Å². The predicted molar refractivity (Wildman–Crippen MR) is 74.8 cm³/mol. The van der Waals surface area contributed by atoms with Crippen LogP contribution in [0.2, 0.25) is 5.02 Å². The van der Waals surface area contributed by atoms with E-state index in [0.717, 1.165) is 11.3 Å². The summed E-state index contributed by atoms with van der Waals surface area (Å²) in [7, 11) is 0. The summed E-state index contributed by atoms with van der Waals surface area (Å²) in [5.74, 6) is -0.477. The minimum Gasteiger partial charge on any atom is -0.366 e. The highest BCUT2D eigenvalue weighted by Crippen LogP contribution is 2.17. The first-order chi connectivity index (χ1) is 9.16. The van der Waals surface area contributed by atoms with Gasteiger partial charge >= 0.3 is 0 Å². The summed E-state index contributed by atoms with van der Waals surface area (Å²) in [6.45, 7) is 1.27. The van der Waals surface area contributed by atoms with Gasteiger partial charge in [0.2, 0.25) is 5.91 Å². The number of nitrogens with one attached hydrogen (secondary N) is 1. The van der Waals surface area contributed by atoms with Gasteiger partial charge in [0.25, 0.3) is 0 Å². The monoisotopic (exact) mass is 275 g/mol. The molecule has 0 saturated carbocycles. The van der Waals surface area contributed by atoms with Crippen LogP contribution in [0.3, 0.4) is 0 Å². The van der Waals surface area contributed by atoms with Crippen molar-refractivity contribution in [3.05, 3.63) is 64.4 Å². The smallest absolute Gasteiger partial charge is 0.248 e. The average Bonchev–Trinajstić information content (AvgIpc) is 2.41. The Morgan fingerprint density at radius 2 is 2.11 bits per heavy atom. The molecule has 5 heteroatoms. The van der Waals surface area contributed by atoms with Crippen molar-refractivity contribution in [3.8, 4) is 0 Å². The number of benzene rings is 1. The lowest BCUT2D eigenvalue weighted by molar-refractivity contribution is 0.100. The van der Waals surface area contributed by atoms with E-state index in [2.05, 4.69) is 10.3 Å². The number of carbonyl (C=O) groups is 1. The third-order valence-corrected chi connectivity index (χ3v) is 3.04. The fourth-order valence-corrected chi connectivity index (χ4v) is 1.92. The molecule has 1 aromatic carbocycles. The SMILES string of the molecule is NC(=O)c1ccc(CNCc2ccccn2)c(Cl)c1. The zero-order valence-electron chi connectivity index (χ0n) is 10.3. The summed E-state index contributed by atoms with van der Waals surface area (Å²) in [4.78, 5) is 15.2. The lowest BCUT2D eigenvalue weighted by atomic mass is 10.1. The Balaban J connectivity index is 1.95. The Labute approximate surface area is 116 Å². The molecule has 3 N–H and O–H groups in total. The molecule has 0 aliphatic heterocycles. The third kappa shape index (κ3) is 3.77. The number of carbonyl (C=O) groups excluding carboxylic acids is 1. The van der Waals surface area contributed by atoms with Gasteiger partial charge in [-0.2, -0.15) is 0 Å². The maximum Gasteiger partial charge on any atom is 0.248 e. The van der Waals surface area contributed by atoms with Gasteiger partial charge in [0.05, 0.1) is 5.69 Å². The van der Waals surface area contributed by atoms with Crippen LogP contribution in [-0.4, -0.2) is 10.9 Å². The Hall–Kier alpha value is -1.91. The van der Waals surface area contributed by atoms with E-state index in [1.165, 1.54) is 0 Å². The molecule has 1 aromatic heterocycles. The lowest BCUT2D eigenvalue weighted by Crippen LogP contribution is -2.15. The van der Waals surface area contributed by atoms with Crippen LogP contribution < -0.4 is 11.1 Å². The van der Waals surface area contributed by atoms with Gasteiger partial charge in [-0.3, -0.25) is 9.78 Å². The normalized spacial score (nSPS) is 10.4. The van der Waals surface area contributed by atoms with E-state index in [1.807, 2.05) is 18.2 Å². The van der Waals surface area contributed by atoms with E-state index < -0.39 is 5.91 Å². The maximum atomic E-state index is 11.0. The fraction of sp³-hybridized carbons (Fsp3) is 0.143. The number of hydrogen-bond donors (Lipinski definition) is 2. The van der Waals surface area contributed by atoms with Crippen LogP contribution in [0.15, 0.2) is 42.6 Å². The van der Waals surface area contributed by atoms with Crippen LogP contribution in [0.25, 0.3) is 0 Å². The molecule has 2 rings (SSSR count). The molecule has 0 spiro atoms. The van der Waals surface area contributed by atoms with Crippen LogP contribution in [-0.2, 0) is 13.1 Å². The summed E-state index contributed by atoms with van der Waals surface area (Å²) in [6.07, 6.45) is 1.76. The minimum atomic E-state index is -0.477. The third-order valence-electron chi connectivity index (χ3n) is 2.69. The number of rotatable bonds is 5. The van der Waals surface area contributed by atoms with Gasteiger partial charge in [0, 0.05) is 29.9 Å². The van der Waals surface area contributed by atoms with Gasteiger partial charge in [-0.05, 0) is 29.8 Å². The number of amides is 1. The lowest BCUT2D eigenvalue weighted by Gasteiger charge is -2.07. The van der Waals surface area contributed by atoms with E-state index in [0.29, 0.717) is 23.7 Å². The number of aromatic nitrogens is 1. The summed E-state index contributed by atoms with van der Waals surface area (Å²) < 4.78 is 0. The zero-order chi connectivity index (χ0) is 13.7. The van der Waals surface area contributed by atoms with Crippen molar-refractivity contribution in [2.45, 2.75) is 13.1 Å². The van der Waals surface area contributed by atoms with Crippen molar-refractivity contribution >= 4 is 17.5 Å².